The minimum Gasteiger partial charge on any atom is -0.481 e. The number of ether oxygens (including phenoxy) is 1. The highest BCUT2D eigenvalue weighted by molar-refractivity contribution is 9.10. The van der Waals surface area contributed by atoms with Crippen LogP contribution in [0.5, 0.6) is 5.75 Å². The summed E-state index contributed by atoms with van der Waals surface area (Å²) in [5.41, 5.74) is 1.79. The van der Waals surface area contributed by atoms with Crippen molar-refractivity contribution in [2.45, 2.75) is 13.5 Å². The number of aromatic nitrogens is 3. The van der Waals surface area contributed by atoms with E-state index in [0.29, 0.717) is 15.7 Å². The number of hydrogen-bond acceptors (Lipinski definition) is 5. The predicted molar refractivity (Wildman–Crippen MR) is 90.0 cm³/mol. The zero-order valence-electron chi connectivity index (χ0n) is 12.9. The van der Waals surface area contributed by atoms with E-state index in [9.17, 15) is 14.5 Å². The molecule has 7 nitrogen and oxygen atoms in total. The summed E-state index contributed by atoms with van der Waals surface area (Å²) >= 11 is 3.19. The van der Waals surface area contributed by atoms with Gasteiger partial charge >= 0.3 is 5.82 Å². The van der Waals surface area contributed by atoms with Crippen LogP contribution >= 0.6 is 15.9 Å². The second kappa shape index (κ2) is 6.98. The molecule has 0 bridgehead atoms. The SMILES string of the molecule is Cc1c[c]n(-c2ccc(F)cc2COc2cc(Br)cnc2[N+](=O)[O-])n1. The fraction of sp³-hybridized carbons (Fsp3) is 0.125. The lowest BCUT2D eigenvalue weighted by Gasteiger charge is -2.11. The molecular formula is C16H11BrFN4O3. The fourth-order valence-electron chi connectivity index (χ4n) is 2.18. The van der Waals surface area contributed by atoms with Crippen LogP contribution in [0, 0.1) is 29.1 Å². The third-order valence-electron chi connectivity index (χ3n) is 3.28. The smallest absolute Gasteiger partial charge is 0.406 e. The maximum absolute atomic E-state index is 13.6. The van der Waals surface area contributed by atoms with Gasteiger partial charge in [-0.3, -0.25) is 0 Å². The molecule has 0 amide bonds. The number of halogens is 2. The van der Waals surface area contributed by atoms with E-state index in [1.807, 2.05) is 6.92 Å². The maximum Gasteiger partial charge on any atom is 0.406 e. The lowest BCUT2D eigenvalue weighted by molar-refractivity contribution is -0.390. The van der Waals surface area contributed by atoms with E-state index in [2.05, 4.69) is 32.2 Å². The first kappa shape index (κ1) is 17.0. The molecule has 0 aliphatic rings. The summed E-state index contributed by atoms with van der Waals surface area (Å²) in [7, 11) is 0. The van der Waals surface area contributed by atoms with Crippen LogP contribution in [0.3, 0.4) is 0 Å². The molecular weight excluding hydrogens is 395 g/mol. The number of nitrogens with zero attached hydrogens (tertiary/aromatic N) is 4. The fourth-order valence-corrected chi connectivity index (χ4v) is 2.49. The average molecular weight is 406 g/mol. The van der Waals surface area contributed by atoms with Crippen molar-refractivity contribution < 1.29 is 14.1 Å². The second-order valence-corrected chi connectivity index (χ2v) is 6.04. The highest BCUT2D eigenvalue weighted by Crippen LogP contribution is 2.29. The van der Waals surface area contributed by atoms with Crippen LogP contribution in [0.4, 0.5) is 10.2 Å². The van der Waals surface area contributed by atoms with E-state index in [0.717, 1.165) is 5.69 Å². The van der Waals surface area contributed by atoms with Crippen molar-refractivity contribution in [2.75, 3.05) is 0 Å². The largest absolute Gasteiger partial charge is 0.481 e. The third kappa shape index (κ3) is 3.82. The Bertz CT molecular complexity index is 945. The van der Waals surface area contributed by atoms with Gasteiger partial charge in [0.05, 0.1) is 22.1 Å². The molecule has 0 aliphatic carbocycles. The van der Waals surface area contributed by atoms with Crippen molar-refractivity contribution in [3.05, 3.63) is 74.4 Å². The molecule has 9 heteroatoms. The minimum absolute atomic E-state index is 0.0183. The van der Waals surface area contributed by atoms with E-state index in [4.69, 9.17) is 4.74 Å². The number of hydrogen-bond donors (Lipinski definition) is 0. The van der Waals surface area contributed by atoms with Gasteiger partial charge in [-0.2, -0.15) is 5.10 Å². The summed E-state index contributed by atoms with van der Waals surface area (Å²) in [5, 5.41) is 15.3. The molecule has 0 saturated heterocycles. The maximum atomic E-state index is 13.6. The lowest BCUT2D eigenvalue weighted by atomic mass is 10.2. The monoisotopic (exact) mass is 405 g/mol. The van der Waals surface area contributed by atoms with Gasteiger partial charge in [-0.05, 0) is 57.0 Å². The third-order valence-corrected chi connectivity index (χ3v) is 3.71. The van der Waals surface area contributed by atoms with Crippen LogP contribution in [-0.2, 0) is 6.61 Å². The highest BCUT2D eigenvalue weighted by Gasteiger charge is 2.18. The quantitative estimate of drug-likeness (QED) is 0.476. The molecule has 3 aromatic rings. The molecule has 0 N–H and O–H groups in total. The Morgan fingerprint density at radius 1 is 1.44 bits per heavy atom. The van der Waals surface area contributed by atoms with E-state index in [1.54, 1.807) is 12.1 Å². The summed E-state index contributed by atoms with van der Waals surface area (Å²) in [5.74, 6) is -0.883. The lowest BCUT2D eigenvalue weighted by Crippen LogP contribution is -2.06. The average Bonchev–Trinajstić information content (AvgIpc) is 2.99. The molecule has 1 radical (unpaired) electrons. The van der Waals surface area contributed by atoms with Crippen molar-refractivity contribution in [1.82, 2.24) is 14.8 Å². The van der Waals surface area contributed by atoms with Crippen molar-refractivity contribution in [2.24, 2.45) is 0 Å². The van der Waals surface area contributed by atoms with E-state index in [1.165, 1.54) is 29.1 Å². The van der Waals surface area contributed by atoms with Gasteiger partial charge < -0.3 is 14.9 Å². The molecule has 0 saturated carbocycles. The Morgan fingerprint density at radius 2 is 2.24 bits per heavy atom. The summed E-state index contributed by atoms with van der Waals surface area (Å²) in [6, 6.07) is 7.26. The van der Waals surface area contributed by atoms with Gasteiger partial charge in [-0.15, -0.1) is 0 Å². The molecule has 2 aromatic heterocycles. The Hall–Kier alpha value is -2.81. The van der Waals surface area contributed by atoms with Gasteiger partial charge in [-0.1, -0.05) is 0 Å². The zero-order valence-corrected chi connectivity index (χ0v) is 14.5. The molecule has 0 aliphatic heterocycles. The van der Waals surface area contributed by atoms with Crippen LogP contribution in [0.15, 0.2) is 41.0 Å². The van der Waals surface area contributed by atoms with E-state index >= 15 is 0 Å². The van der Waals surface area contributed by atoms with Crippen LogP contribution in [-0.4, -0.2) is 19.7 Å². The normalized spacial score (nSPS) is 10.7. The number of nitro groups is 1. The second-order valence-electron chi connectivity index (χ2n) is 5.12. The van der Waals surface area contributed by atoms with Crippen molar-refractivity contribution >= 4 is 21.7 Å². The molecule has 2 heterocycles. The van der Waals surface area contributed by atoms with Crippen molar-refractivity contribution in [3.63, 3.8) is 0 Å². The predicted octanol–water partition coefficient (Wildman–Crippen LogP) is 3.76. The Balaban J connectivity index is 1.93. The number of aryl methyl sites for hydroxylation is 1. The molecule has 0 spiro atoms. The summed E-state index contributed by atoms with van der Waals surface area (Å²) < 4.78 is 21.2. The number of rotatable bonds is 5. The Morgan fingerprint density at radius 3 is 2.92 bits per heavy atom. The van der Waals surface area contributed by atoms with Crippen LogP contribution < -0.4 is 4.74 Å². The summed E-state index contributed by atoms with van der Waals surface area (Å²) in [6.45, 7) is 1.71. The van der Waals surface area contributed by atoms with Crippen molar-refractivity contribution in [1.29, 1.82) is 0 Å². The van der Waals surface area contributed by atoms with Gasteiger partial charge in [0.15, 0.2) is 6.20 Å². The van der Waals surface area contributed by atoms with Crippen LogP contribution in [0.2, 0.25) is 0 Å². The number of pyridine rings is 1. The first-order valence-corrected chi connectivity index (χ1v) is 7.89. The zero-order chi connectivity index (χ0) is 18.0. The molecule has 3 rings (SSSR count). The van der Waals surface area contributed by atoms with Crippen LogP contribution in [0.1, 0.15) is 11.3 Å². The number of benzene rings is 1. The van der Waals surface area contributed by atoms with Crippen molar-refractivity contribution in [3.8, 4) is 11.4 Å². The van der Waals surface area contributed by atoms with Gasteiger partial charge in [0.2, 0.25) is 5.75 Å². The van der Waals surface area contributed by atoms with E-state index in [-0.39, 0.29) is 12.4 Å². The molecule has 0 atom stereocenters. The van der Waals surface area contributed by atoms with Gasteiger partial charge in [0, 0.05) is 11.6 Å². The molecule has 0 unspecified atom stereocenters. The van der Waals surface area contributed by atoms with Crippen LogP contribution in [0.25, 0.3) is 5.69 Å². The standard InChI is InChI=1S/C16H11BrFN4O3/c1-10-4-5-21(20-10)14-3-2-13(18)6-11(14)9-25-15-7-12(17)8-19-16(15)22(23)24/h2-4,6-8H,9H2,1H3. The molecule has 0 fully saturated rings. The Labute approximate surface area is 150 Å². The minimum atomic E-state index is -0.640. The molecule has 25 heavy (non-hydrogen) atoms. The van der Waals surface area contributed by atoms with Gasteiger partial charge in [-0.25, -0.2) is 9.07 Å². The summed E-state index contributed by atoms with van der Waals surface area (Å²) in [6.07, 6.45) is 4.22. The molecule has 127 valence electrons. The van der Waals surface area contributed by atoms with Gasteiger partial charge in [0.1, 0.15) is 12.4 Å². The summed E-state index contributed by atoms with van der Waals surface area (Å²) in [4.78, 5) is 14.1. The first-order chi connectivity index (χ1) is 11.9. The Kier molecular flexibility index (Phi) is 4.75. The van der Waals surface area contributed by atoms with Gasteiger partial charge in [0.25, 0.3) is 0 Å². The first-order valence-electron chi connectivity index (χ1n) is 7.10. The highest BCUT2D eigenvalue weighted by atomic mass is 79.9. The van der Waals surface area contributed by atoms with E-state index < -0.39 is 16.6 Å². The topological polar surface area (TPSA) is 83.1 Å². The molecule has 1 aromatic carbocycles.